The first kappa shape index (κ1) is 21.6. The summed E-state index contributed by atoms with van der Waals surface area (Å²) in [7, 11) is -1.94. The molecule has 2 N–H and O–H groups in total. The number of nitrogens with two attached hydrogens (primary N) is 1. The summed E-state index contributed by atoms with van der Waals surface area (Å²) < 4.78 is 31.8. The van der Waals surface area contributed by atoms with Crippen LogP contribution in [-0.4, -0.2) is 37.3 Å². The minimum absolute atomic E-state index is 0. The van der Waals surface area contributed by atoms with E-state index in [1.165, 1.54) is 4.31 Å². The van der Waals surface area contributed by atoms with Crippen LogP contribution in [0.25, 0.3) is 11.3 Å². The molecule has 0 aliphatic rings. The van der Waals surface area contributed by atoms with E-state index in [0.29, 0.717) is 30.5 Å². The molecule has 1 atom stereocenters. The third-order valence-electron chi connectivity index (χ3n) is 4.11. The van der Waals surface area contributed by atoms with Crippen molar-refractivity contribution in [2.45, 2.75) is 38.1 Å². The Hall–Kier alpha value is -1.41. The first-order chi connectivity index (χ1) is 11.2. The van der Waals surface area contributed by atoms with E-state index < -0.39 is 10.0 Å². The number of aryl methyl sites for hydroxylation is 1. The van der Waals surface area contributed by atoms with E-state index in [1.54, 1.807) is 44.5 Å². The molecular formula is C17H26ClN3O3S. The summed E-state index contributed by atoms with van der Waals surface area (Å²) in [4.78, 5) is 4.49. The summed E-state index contributed by atoms with van der Waals surface area (Å²) in [5, 5.41) is 0. The van der Waals surface area contributed by atoms with Crippen LogP contribution >= 0.6 is 12.4 Å². The third kappa shape index (κ3) is 5.28. The normalized spacial score (nSPS) is 13.1. The Morgan fingerprint density at radius 2 is 1.84 bits per heavy atom. The second-order valence-electron chi connectivity index (χ2n) is 6.30. The van der Waals surface area contributed by atoms with Crippen LogP contribution in [0.5, 0.6) is 0 Å². The number of sulfonamides is 1. The molecule has 1 aromatic carbocycles. The van der Waals surface area contributed by atoms with Gasteiger partial charge in [0, 0.05) is 32.1 Å². The highest BCUT2D eigenvalue weighted by molar-refractivity contribution is 7.89. The molecule has 0 spiro atoms. The number of halogens is 1. The number of nitrogens with zero attached hydrogens (tertiary/aromatic N) is 2. The highest BCUT2D eigenvalue weighted by Crippen LogP contribution is 2.22. The Labute approximate surface area is 155 Å². The van der Waals surface area contributed by atoms with Crippen molar-refractivity contribution in [2.75, 3.05) is 13.6 Å². The summed E-state index contributed by atoms with van der Waals surface area (Å²) in [6.45, 7) is 6.22. The quantitative estimate of drug-likeness (QED) is 0.788. The SMILES string of the molecule is Cc1nc(-c2ccc(S(=O)(=O)N(C)CCC(N)C(C)C)cc2)co1.Cl. The molecule has 140 valence electrons. The number of aromatic nitrogens is 1. The molecule has 1 heterocycles. The predicted molar refractivity (Wildman–Crippen MR) is 101 cm³/mol. The fraction of sp³-hybridized carbons (Fsp3) is 0.471. The lowest BCUT2D eigenvalue weighted by Crippen LogP contribution is -2.34. The zero-order valence-corrected chi connectivity index (χ0v) is 16.6. The zero-order valence-electron chi connectivity index (χ0n) is 15.0. The van der Waals surface area contributed by atoms with Gasteiger partial charge in [0.15, 0.2) is 5.89 Å². The van der Waals surface area contributed by atoms with Gasteiger partial charge in [0.25, 0.3) is 0 Å². The molecule has 0 fully saturated rings. The van der Waals surface area contributed by atoms with E-state index in [2.05, 4.69) is 4.98 Å². The van der Waals surface area contributed by atoms with Crippen molar-refractivity contribution in [2.24, 2.45) is 11.7 Å². The van der Waals surface area contributed by atoms with Gasteiger partial charge in [-0.25, -0.2) is 17.7 Å². The van der Waals surface area contributed by atoms with Gasteiger partial charge in [-0.1, -0.05) is 26.0 Å². The molecule has 2 aromatic rings. The van der Waals surface area contributed by atoms with Gasteiger partial charge in [-0.3, -0.25) is 0 Å². The molecule has 0 aliphatic carbocycles. The van der Waals surface area contributed by atoms with E-state index in [1.807, 2.05) is 13.8 Å². The van der Waals surface area contributed by atoms with Gasteiger partial charge in [-0.15, -0.1) is 12.4 Å². The third-order valence-corrected chi connectivity index (χ3v) is 5.98. The first-order valence-corrected chi connectivity index (χ1v) is 9.40. The average molecular weight is 388 g/mol. The topological polar surface area (TPSA) is 89.4 Å². The Kier molecular flexibility index (Phi) is 7.62. The van der Waals surface area contributed by atoms with Gasteiger partial charge in [0.05, 0.1) is 4.90 Å². The fourth-order valence-electron chi connectivity index (χ4n) is 2.26. The monoisotopic (exact) mass is 387 g/mol. The Balaban J connectivity index is 0.00000312. The summed E-state index contributed by atoms with van der Waals surface area (Å²) in [6.07, 6.45) is 2.18. The highest BCUT2D eigenvalue weighted by Gasteiger charge is 2.21. The second-order valence-corrected chi connectivity index (χ2v) is 8.34. The van der Waals surface area contributed by atoms with Crippen LogP contribution in [0.4, 0.5) is 0 Å². The molecule has 0 radical (unpaired) electrons. The number of hydrogen-bond donors (Lipinski definition) is 1. The smallest absolute Gasteiger partial charge is 0.242 e. The highest BCUT2D eigenvalue weighted by atomic mass is 35.5. The van der Waals surface area contributed by atoms with Crippen LogP contribution < -0.4 is 5.73 Å². The summed E-state index contributed by atoms with van der Waals surface area (Å²) >= 11 is 0. The van der Waals surface area contributed by atoms with E-state index >= 15 is 0 Å². The summed E-state index contributed by atoms with van der Waals surface area (Å²) in [5.41, 5.74) is 7.50. The van der Waals surface area contributed by atoms with Crippen LogP contribution in [0, 0.1) is 12.8 Å². The van der Waals surface area contributed by atoms with Crippen LogP contribution in [0.1, 0.15) is 26.2 Å². The molecule has 0 bridgehead atoms. The summed E-state index contributed by atoms with van der Waals surface area (Å²) in [5.74, 6) is 0.897. The Morgan fingerprint density at radius 3 is 2.32 bits per heavy atom. The molecule has 0 amide bonds. The average Bonchev–Trinajstić information content (AvgIpc) is 2.98. The number of hydrogen-bond acceptors (Lipinski definition) is 5. The van der Waals surface area contributed by atoms with Gasteiger partial charge >= 0.3 is 0 Å². The molecule has 2 rings (SSSR count). The summed E-state index contributed by atoms with van der Waals surface area (Å²) in [6, 6.07) is 6.64. The van der Waals surface area contributed by atoms with Gasteiger partial charge in [-0.05, 0) is 24.5 Å². The fourth-order valence-corrected chi connectivity index (χ4v) is 3.44. The molecule has 1 aromatic heterocycles. The molecular weight excluding hydrogens is 362 g/mol. The molecule has 0 saturated heterocycles. The van der Waals surface area contributed by atoms with Crippen molar-refractivity contribution >= 4 is 22.4 Å². The van der Waals surface area contributed by atoms with Gasteiger partial charge < -0.3 is 10.2 Å². The van der Waals surface area contributed by atoms with Crippen LogP contribution in [0.15, 0.2) is 39.8 Å². The van der Waals surface area contributed by atoms with E-state index in [9.17, 15) is 8.42 Å². The molecule has 0 saturated carbocycles. The number of oxazole rings is 1. The van der Waals surface area contributed by atoms with E-state index in [0.717, 1.165) is 5.56 Å². The largest absolute Gasteiger partial charge is 0.449 e. The first-order valence-electron chi connectivity index (χ1n) is 7.96. The molecule has 25 heavy (non-hydrogen) atoms. The van der Waals surface area contributed by atoms with Crippen molar-refractivity contribution < 1.29 is 12.8 Å². The zero-order chi connectivity index (χ0) is 17.9. The van der Waals surface area contributed by atoms with Gasteiger partial charge in [0.1, 0.15) is 12.0 Å². The second kappa shape index (κ2) is 8.80. The van der Waals surface area contributed by atoms with Crippen molar-refractivity contribution in [3.8, 4) is 11.3 Å². The molecule has 1 unspecified atom stereocenters. The Bertz CT molecular complexity index is 773. The number of benzene rings is 1. The maximum atomic E-state index is 12.6. The molecule has 0 aliphatic heterocycles. The van der Waals surface area contributed by atoms with Crippen LogP contribution in [0.2, 0.25) is 0 Å². The predicted octanol–water partition coefficient (Wildman–Crippen LogP) is 3.07. The van der Waals surface area contributed by atoms with Crippen molar-refractivity contribution in [3.63, 3.8) is 0 Å². The minimum Gasteiger partial charge on any atom is -0.449 e. The maximum Gasteiger partial charge on any atom is 0.242 e. The van der Waals surface area contributed by atoms with Gasteiger partial charge in [0.2, 0.25) is 10.0 Å². The van der Waals surface area contributed by atoms with E-state index in [-0.39, 0.29) is 23.3 Å². The standard InChI is InChI=1S/C17H25N3O3S.ClH/c1-12(2)16(18)9-10-20(4)24(21,22)15-7-5-14(6-8-15)17-11-23-13(3)19-17;/h5-8,11-12,16H,9-10,18H2,1-4H3;1H. The van der Waals surface area contributed by atoms with Gasteiger partial charge in [-0.2, -0.15) is 0 Å². The van der Waals surface area contributed by atoms with Crippen molar-refractivity contribution in [1.82, 2.24) is 9.29 Å². The lowest BCUT2D eigenvalue weighted by atomic mass is 10.0. The van der Waals surface area contributed by atoms with Crippen LogP contribution in [0.3, 0.4) is 0 Å². The van der Waals surface area contributed by atoms with E-state index in [4.69, 9.17) is 10.2 Å². The minimum atomic E-state index is -3.52. The van der Waals surface area contributed by atoms with Crippen molar-refractivity contribution in [3.05, 3.63) is 36.4 Å². The Morgan fingerprint density at radius 1 is 1.24 bits per heavy atom. The van der Waals surface area contributed by atoms with Crippen molar-refractivity contribution in [1.29, 1.82) is 0 Å². The van der Waals surface area contributed by atoms with Crippen LogP contribution in [-0.2, 0) is 10.0 Å². The lowest BCUT2D eigenvalue weighted by Gasteiger charge is -2.21. The number of rotatable bonds is 7. The maximum absolute atomic E-state index is 12.6. The lowest BCUT2D eigenvalue weighted by molar-refractivity contribution is 0.397. The molecule has 8 heteroatoms. The molecule has 6 nitrogen and oxygen atoms in total.